The standard InChI is InChI=1S/C25H22ClF3N2O5S2/c1-34-19-9-14(10-20-23(33)31(24(37)38-20)12-17-6-3-7-35-17)8-18(26)22(19)36-13-21(32)30-16-5-2-4-15(11-16)25(27,28)29/h2,4-5,8-11,17H,3,6-7,12-13H2,1H3,(H,30,32)/b20-10-/t17-/m1/s1. The summed E-state index contributed by atoms with van der Waals surface area (Å²) in [7, 11) is 1.38. The van der Waals surface area contributed by atoms with Crippen LogP contribution in [0.3, 0.4) is 0 Å². The molecule has 7 nitrogen and oxygen atoms in total. The molecule has 202 valence electrons. The molecule has 0 bridgehead atoms. The van der Waals surface area contributed by atoms with Gasteiger partial charge in [-0.05, 0) is 54.8 Å². The summed E-state index contributed by atoms with van der Waals surface area (Å²) in [5.41, 5.74) is -0.371. The summed E-state index contributed by atoms with van der Waals surface area (Å²) in [6.07, 6.45) is -1.11. The fourth-order valence-corrected chi connectivity index (χ4v) is 5.42. The van der Waals surface area contributed by atoms with Crippen molar-refractivity contribution in [1.29, 1.82) is 0 Å². The number of ether oxygens (including phenoxy) is 3. The van der Waals surface area contributed by atoms with Gasteiger partial charge in [0.1, 0.15) is 4.32 Å². The van der Waals surface area contributed by atoms with Crippen LogP contribution >= 0.6 is 35.6 Å². The zero-order valence-corrected chi connectivity index (χ0v) is 22.4. The van der Waals surface area contributed by atoms with Crippen LogP contribution in [0.1, 0.15) is 24.0 Å². The summed E-state index contributed by atoms with van der Waals surface area (Å²) in [6, 6.07) is 7.37. The van der Waals surface area contributed by atoms with Crippen LogP contribution in [0.4, 0.5) is 18.9 Å². The highest BCUT2D eigenvalue weighted by Crippen LogP contribution is 2.39. The number of benzene rings is 2. The predicted molar refractivity (Wildman–Crippen MR) is 142 cm³/mol. The average Bonchev–Trinajstić information content (AvgIpc) is 3.47. The van der Waals surface area contributed by atoms with Gasteiger partial charge >= 0.3 is 6.18 Å². The Labute approximate surface area is 231 Å². The van der Waals surface area contributed by atoms with Crippen LogP contribution in [-0.4, -0.2) is 54.0 Å². The van der Waals surface area contributed by atoms with Crippen molar-refractivity contribution < 1.29 is 37.0 Å². The van der Waals surface area contributed by atoms with Gasteiger partial charge in [-0.25, -0.2) is 0 Å². The van der Waals surface area contributed by atoms with E-state index in [1.807, 2.05) is 0 Å². The second-order valence-electron chi connectivity index (χ2n) is 8.38. The molecule has 0 aliphatic carbocycles. The van der Waals surface area contributed by atoms with Crippen molar-refractivity contribution >= 4 is 63.5 Å². The quantitative estimate of drug-likeness (QED) is 0.311. The topological polar surface area (TPSA) is 77.1 Å². The van der Waals surface area contributed by atoms with E-state index in [-0.39, 0.29) is 34.2 Å². The van der Waals surface area contributed by atoms with E-state index < -0.39 is 24.3 Å². The van der Waals surface area contributed by atoms with Crippen LogP contribution in [0.15, 0.2) is 41.3 Å². The van der Waals surface area contributed by atoms with Gasteiger partial charge in [-0.2, -0.15) is 13.2 Å². The van der Waals surface area contributed by atoms with Crippen molar-refractivity contribution in [3.05, 3.63) is 57.5 Å². The van der Waals surface area contributed by atoms with Crippen LogP contribution < -0.4 is 14.8 Å². The van der Waals surface area contributed by atoms with Crippen molar-refractivity contribution in [3.8, 4) is 11.5 Å². The van der Waals surface area contributed by atoms with E-state index in [2.05, 4.69) is 5.32 Å². The Hall–Kier alpha value is -2.80. The lowest BCUT2D eigenvalue weighted by Gasteiger charge is -2.18. The van der Waals surface area contributed by atoms with Gasteiger partial charge in [0.05, 0.1) is 35.2 Å². The zero-order chi connectivity index (χ0) is 27.4. The molecule has 2 aromatic carbocycles. The van der Waals surface area contributed by atoms with E-state index in [0.29, 0.717) is 27.9 Å². The number of thiocarbonyl (C=S) groups is 1. The van der Waals surface area contributed by atoms with Gasteiger partial charge in [-0.3, -0.25) is 14.5 Å². The van der Waals surface area contributed by atoms with E-state index in [1.54, 1.807) is 12.1 Å². The van der Waals surface area contributed by atoms with Gasteiger partial charge in [0, 0.05) is 12.3 Å². The molecule has 2 amide bonds. The molecule has 2 fully saturated rings. The molecule has 2 aliphatic heterocycles. The Bertz CT molecular complexity index is 1280. The highest BCUT2D eigenvalue weighted by Gasteiger charge is 2.35. The summed E-state index contributed by atoms with van der Waals surface area (Å²) in [4.78, 5) is 27.2. The van der Waals surface area contributed by atoms with Crippen LogP contribution in [-0.2, 0) is 20.5 Å². The number of thioether (sulfide) groups is 1. The number of nitrogens with zero attached hydrogens (tertiary/aromatic N) is 1. The Balaban J connectivity index is 1.43. The molecular formula is C25H22ClF3N2O5S2. The molecule has 1 N–H and O–H groups in total. The minimum absolute atomic E-state index is 0.0290. The van der Waals surface area contributed by atoms with Gasteiger partial charge < -0.3 is 19.5 Å². The van der Waals surface area contributed by atoms with Crippen molar-refractivity contribution in [2.75, 3.05) is 32.2 Å². The number of amides is 2. The molecule has 0 spiro atoms. The SMILES string of the molecule is COc1cc(/C=C2\SC(=S)N(C[C@H]3CCCO3)C2=O)cc(Cl)c1OCC(=O)Nc1cccc(C(F)(F)F)c1. The van der Waals surface area contributed by atoms with Gasteiger partial charge in [0.2, 0.25) is 0 Å². The zero-order valence-electron chi connectivity index (χ0n) is 20.0. The molecule has 13 heteroatoms. The maximum absolute atomic E-state index is 12.9. The number of alkyl halides is 3. The molecule has 0 saturated carbocycles. The summed E-state index contributed by atoms with van der Waals surface area (Å²) in [5.74, 6) is -0.652. The third-order valence-electron chi connectivity index (χ3n) is 5.65. The molecular weight excluding hydrogens is 565 g/mol. The predicted octanol–water partition coefficient (Wildman–Crippen LogP) is 5.77. The minimum atomic E-state index is -4.54. The maximum atomic E-state index is 12.9. The number of methoxy groups -OCH3 is 1. The van der Waals surface area contributed by atoms with Gasteiger partial charge in [-0.1, -0.05) is 41.6 Å². The summed E-state index contributed by atoms with van der Waals surface area (Å²) in [5, 5.41) is 2.47. The number of halogens is 4. The van der Waals surface area contributed by atoms with E-state index in [4.69, 9.17) is 38.0 Å². The third kappa shape index (κ3) is 6.79. The summed E-state index contributed by atoms with van der Waals surface area (Å²) in [6.45, 7) is 0.546. The fraction of sp³-hybridized carbons (Fsp3) is 0.320. The molecule has 2 aliphatic rings. The summed E-state index contributed by atoms with van der Waals surface area (Å²) < 4.78 is 55.6. The number of hydrogen-bond acceptors (Lipinski definition) is 7. The van der Waals surface area contributed by atoms with Crippen LogP contribution in [0, 0.1) is 0 Å². The van der Waals surface area contributed by atoms with Crippen molar-refractivity contribution in [1.82, 2.24) is 4.90 Å². The fourth-order valence-electron chi connectivity index (χ4n) is 3.87. The lowest BCUT2D eigenvalue weighted by Crippen LogP contribution is -2.35. The molecule has 2 heterocycles. The normalized spacial score (nSPS) is 18.8. The van der Waals surface area contributed by atoms with Crippen molar-refractivity contribution in [2.24, 2.45) is 0 Å². The minimum Gasteiger partial charge on any atom is -0.493 e. The van der Waals surface area contributed by atoms with Gasteiger partial charge in [-0.15, -0.1) is 0 Å². The second-order valence-corrected chi connectivity index (χ2v) is 10.5. The van der Waals surface area contributed by atoms with Crippen LogP contribution in [0.25, 0.3) is 6.08 Å². The average molecular weight is 587 g/mol. The molecule has 0 radical (unpaired) electrons. The first kappa shape index (κ1) is 28.2. The summed E-state index contributed by atoms with van der Waals surface area (Å²) >= 11 is 12.9. The van der Waals surface area contributed by atoms with E-state index in [1.165, 1.54) is 42.0 Å². The molecule has 1 atom stereocenters. The Kier molecular flexibility index (Phi) is 8.86. The monoisotopic (exact) mass is 586 g/mol. The first-order valence-corrected chi connectivity index (χ1v) is 13.0. The molecule has 4 rings (SSSR count). The number of carbonyl (C=O) groups excluding carboxylic acids is 2. The lowest BCUT2D eigenvalue weighted by atomic mass is 10.1. The van der Waals surface area contributed by atoms with Gasteiger partial charge in [0.15, 0.2) is 18.1 Å². The Morgan fingerprint density at radius 3 is 2.82 bits per heavy atom. The number of nitrogens with one attached hydrogen (secondary N) is 1. The van der Waals surface area contributed by atoms with Crippen molar-refractivity contribution in [2.45, 2.75) is 25.1 Å². The van der Waals surface area contributed by atoms with E-state index in [9.17, 15) is 22.8 Å². The smallest absolute Gasteiger partial charge is 0.416 e. The van der Waals surface area contributed by atoms with E-state index >= 15 is 0 Å². The van der Waals surface area contributed by atoms with Crippen LogP contribution in [0.5, 0.6) is 11.5 Å². The van der Waals surface area contributed by atoms with Gasteiger partial charge in [0.25, 0.3) is 11.8 Å². The molecule has 0 unspecified atom stereocenters. The molecule has 2 saturated heterocycles. The highest BCUT2D eigenvalue weighted by molar-refractivity contribution is 8.26. The first-order chi connectivity index (χ1) is 18.0. The lowest BCUT2D eigenvalue weighted by molar-refractivity contribution is -0.137. The number of anilines is 1. The molecule has 2 aromatic rings. The third-order valence-corrected chi connectivity index (χ3v) is 7.31. The Morgan fingerprint density at radius 1 is 1.34 bits per heavy atom. The number of carbonyl (C=O) groups is 2. The van der Waals surface area contributed by atoms with Crippen molar-refractivity contribution in [3.63, 3.8) is 0 Å². The molecule has 0 aromatic heterocycles. The number of hydrogen-bond donors (Lipinski definition) is 1. The maximum Gasteiger partial charge on any atom is 0.416 e. The molecule has 38 heavy (non-hydrogen) atoms. The second kappa shape index (κ2) is 11.9. The van der Waals surface area contributed by atoms with E-state index in [0.717, 1.165) is 25.0 Å². The first-order valence-electron chi connectivity index (χ1n) is 11.4. The Morgan fingerprint density at radius 2 is 2.13 bits per heavy atom. The largest absolute Gasteiger partial charge is 0.493 e. The highest BCUT2D eigenvalue weighted by atomic mass is 35.5. The number of rotatable bonds is 8. The van der Waals surface area contributed by atoms with Crippen LogP contribution in [0.2, 0.25) is 5.02 Å².